The number of hydrogen-bond acceptors (Lipinski definition) is 9. The van der Waals surface area contributed by atoms with Crippen LogP contribution in [0.5, 0.6) is 5.75 Å². The topological polar surface area (TPSA) is 131 Å². The Balaban J connectivity index is 1.56. The first-order chi connectivity index (χ1) is 14.4. The molecule has 1 aromatic carbocycles. The SMILES string of the molecule is CN1CCOc2c(NNC(=O)c3nc(-c4ccc(F)cc4)cnc3N)nnc(Cl)c21. The third-order valence-corrected chi connectivity index (χ3v) is 4.62. The second kappa shape index (κ2) is 7.95. The molecule has 154 valence electrons. The van der Waals surface area contributed by atoms with E-state index in [2.05, 4.69) is 31.0 Å². The zero-order valence-electron chi connectivity index (χ0n) is 15.7. The molecule has 0 aliphatic carbocycles. The lowest BCUT2D eigenvalue weighted by molar-refractivity contribution is 0.0958. The van der Waals surface area contributed by atoms with Crippen LogP contribution in [0.1, 0.15) is 10.5 Å². The third kappa shape index (κ3) is 3.74. The highest BCUT2D eigenvalue weighted by Gasteiger charge is 2.25. The molecule has 1 aliphatic heterocycles. The van der Waals surface area contributed by atoms with Crippen LogP contribution >= 0.6 is 11.6 Å². The molecule has 0 atom stereocenters. The molecule has 12 heteroatoms. The summed E-state index contributed by atoms with van der Waals surface area (Å²) in [5.74, 6) is -0.567. The quantitative estimate of drug-likeness (QED) is 0.531. The van der Waals surface area contributed by atoms with E-state index in [0.29, 0.717) is 35.8 Å². The normalized spacial score (nSPS) is 12.7. The molecule has 1 amide bonds. The van der Waals surface area contributed by atoms with E-state index >= 15 is 0 Å². The Kier molecular flexibility index (Phi) is 5.19. The molecule has 4 N–H and O–H groups in total. The number of anilines is 3. The van der Waals surface area contributed by atoms with Crippen molar-refractivity contribution in [2.75, 3.05) is 36.3 Å². The number of nitrogen functional groups attached to an aromatic ring is 1. The minimum atomic E-state index is -0.654. The maximum absolute atomic E-state index is 13.1. The second-order valence-electron chi connectivity index (χ2n) is 6.36. The minimum absolute atomic E-state index is 0.0691. The Bertz CT molecular complexity index is 1110. The smallest absolute Gasteiger partial charge is 0.292 e. The number of hydrogen-bond donors (Lipinski definition) is 3. The average molecular weight is 431 g/mol. The van der Waals surface area contributed by atoms with Crippen molar-refractivity contribution in [1.29, 1.82) is 0 Å². The molecule has 4 rings (SSSR count). The second-order valence-corrected chi connectivity index (χ2v) is 6.72. The fourth-order valence-corrected chi connectivity index (χ4v) is 3.11. The van der Waals surface area contributed by atoms with E-state index in [1.807, 2.05) is 11.9 Å². The Morgan fingerprint density at radius 1 is 1.30 bits per heavy atom. The number of carbonyl (C=O) groups excluding carboxylic acids is 1. The number of fused-ring (bicyclic) bond motifs is 1. The lowest BCUT2D eigenvalue weighted by Crippen LogP contribution is -2.34. The number of amides is 1. The lowest BCUT2D eigenvalue weighted by Gasteiger charge is -2.28. The van der Waals surface area contributed by atoms with E-state index in [0.717, 1.165) is 0 Å². The molecular weight excluding hydrogens is 415 g/mol. The van der Waals surface area contributed by atoms with Crippen LogP contribution in [0, 0.1) is 5.82 Å². The van der Waals surface area contributed by atoms with Gasteiger partial charge < -0.3 is 15.4 Å². The maximum atomic E-state index is 13.1. The first-order valence-electron chi connectivity index (χ1n) is 8.79. The monoisotopic (exact) mass is 430 g/mol. The van der Waals surface area contributed by atoms with Gasteiger partial charge in [0.05, 0.1) is 18.4 Å². The van der Waals surface area contributed by atoms with Gasteiger partial charge in [-0.05, 0) is 24.3 Å². The molecule has 0 bridgehead atoms. The van der Waals surface area contributed by atoms with Crippen molar-refractivity contribution >= 4 is 34.8 Å². The number of nitrogens with two attached hydrogens (primary N) is 1. The number of aromatic nitrogens is 4. The van der Waals surface area contributed by atoms with E-state index in [4.69, 9.17) is 22.1 Å². The molecule has 10 nitrogen and oxygen atoms in total. The van der Waals surface area contributed by atoms with Gasteiger partial charge in [0.15, 0.2) is 22.4 Å². The van der Waals surface area contributed by atoms with E-state index in [1.54, 1.807) is 0 Å². The molecule has 3 aromatic rings. The van der Waals surface area contributed by atoms with Crippen molar-refractivity contribution in [3.05, 3.63) is 47.1 Å². The Labute approximate surface area is 175 Å². The first-order valence-corrected chi connectivity index (χ1v) is 9.16. The third-order valence-electron chi connectivity index (χ3n) is 4.37. The molecule has 0 unspecified atom stereocenters. The van der Waals surface area contributed by atoms with Crippen LogP contribution in [0.2, 0.25) is 5.15 Å². The lowest BCUT2D eigenvalue weighted by atomic mass is 10.1. The van der Waals surface area contributed by atoms with Crippen LogP contribution in [-0.4, -0.2) is 46.3 Å². The fraction of sp³-hybridized carbons (Fsp3) is 0.167. The molecule has 0 saturated heterocycles. The van der Waals surface area contributed by atoms with Crippen LogP contribution in [0.3, 0.4) is 0 Å². The van der Waals surface area contributed by atoms with Crippen LogP contribution in [0.4, 0.5) is 21.7 Å². The summed E-state index contributed by atoms with van der Waals surface area (Å²) in [6.45, 7) is 1.05. The summed E-state index contributed by atoms with van der Waals surface area (Å²) >= 11 is 6.11. The van der Waals surface area contributed by atoms with Crippen LogP contribution in [0.15, 0.2) is 30.5 Å². The number of carbonyl (C=O) groups is 1. The fourth-order valence-electron chi connectivity index (χ4n) is 2.84. The highest BCUT2D eigenvalue weighted by atomic mass is 35.5. The molecule has 1 aliphatic rings. The van der Waals surface area contributed by atoms with Gasteiger partial charge in [-0.3, -0.25) is 15.6 Å². The largest absolute Gasteiger partial charge is 0.486 e. The van der Waals surface area contributed by atoms with Crippen molar-refractivity contribution in [3.8, 4) is 17.0 Å². The zero-order chi connectivity index (χ0) is 21.3. The van der Waals surface area contributed by atoms with Gasteiger partial charge in [0, 0.05) is 12.6 Å². The van der Waals surface area contributed by atoms with E-state index in [-0.39, 0.29) is 28.3 Å². The van der Waals surface area contributed by atoms with Crippen LogP contribution in [-0.2, 0) is 0 Å². The average Bonchev–Trinajstić information content (AvgIpc) is 2.74. The van der Waals surface area contributed by atoms with Crippen molar-refractivity contribution in [1.82, 2.24) is 25.6 Å². The van der Waals surface area contributed by atoms with Gasteiger partial charge >= 0.3 is 0 Å². The molecule has 3 heterocycles. The molecular formula is C18H16ClFN8O2. The Hall–Kier alpha value is -3.73. The summed E-state index contributed by atoms with van der Waals surface area (Å²) < 4.78 is 18.8. The van der Waals surface area contributed by atoms with Gasteiger partial charge in [-0.1, -0.05) is 11.6 Å². The number of halogens is 2. The summed E-state index contributed by atoms with van der Waals surface area (Å²) in [5, 5.41) is 7.98. The molecule has 30 heavy (non-hydrogen) atoms. The maximum Gasteiger partial charge on any atom is 0.292 e. The first kappa shape index (κ1) is 19.6. The van der Waals surface area contributed by atoms with Gasteiger partial charge in [-0.2, -0.15) is 0 Å². The summed E-state index contributed by atoms with van der Waals surface area (Å²) in [7, 11) is 1.84. The van der Waals surface area contributed by atoms with Gasteiger partial charge in [0.25, 0.3) is 5.91 Å². The summed E-state index contributed by atoms with van der Waals surface area (Å²) in [6.07, 6.45) is 1.40. The predicted molar refractivity (Wildman–Crippen MR) is 109 cm³/mol. The van der Waals surface area contributed by atoms with E-state index in [9.17, 15) is 9.18 Å². The molecule has 0 saturated carbocycles. The Morgan fingerprint density at radius 3 is 2.83 bits per heavy atom. The number of nitrogens with one attached hydrogen (secondary N) is 2. The van der Waals surface area contributed by atoms with Gasteiger partial charge in [-0.15, -0.1) is 10.2 Å². The van der Waals surface area contributed by atoms with Crippen molar-refractivity contribution < 1.29 is 13.9 Å². The van der Waals surface area contributed by atoms with Crippen molar-refractivity contribution in [3.63, 3.8) is 0 Å². The van der Waals surface area contributed by atoms with Crippen molar-refractivity contribution in [2.24, 2.45) is 0 Å². The summed E-state index contributed by atoms with van der Waals surface area (Å²) in [4.78, 5) is 22.7. The van der Waals surface area contributed by atoms with Gasteiger partial charge in [0.1, 0.15) is 18.1 Å². The number of rotatable bonds is 4. The van der Waals surface area contributed by atoms with Crippen molar-refractivity contribution in [2.45, 2.75) is 0 Å². The van der Waals surface area contributed by atoms with Crippen LogP contribution < -0.4 is 26.2 Å². The summed E-state index contributed by atoms with van der Waals surface area (Å²) in [6, 6.07) is 5.62. The number of ether oxygens (including phenoxy) is 1. The molecule has 2 aromatic heterocycles. The Morgan fingerprint density at radius 2 is 2.07 bits per heavy atom. The molecule has 0 fully saturated rings. The zero-order valence-corrected chi connectivity index (χ0v) is 16.4. The van der Waals surface area contributed by atoms with E-state index in [1.165, 1.54) is 30.5 Å². The number of nitrogens with zero attached hydrogens (tertiary/aromatic N) is 5. The standard InChI is InChI=1S/C18H16ClFN8O2/c1-28-6-7-30-14-13(28)15(19)24-25-17(14)26-27-18(29)12-16(21)22-8-11(23-12)9-2-4-10(20)5-3-9/h2-5,8H,6-7H2,1H3,(H2,21,22)(H,25,26)(H,27,29). The highest BCUT2D eigenvalue weighted by Crippen LogP contribution is 2.39. The summed E-state index contributed by atoms with van der Waals surface area (Å²) in [5.41, 5.74) is 12.3. The highest BCUT2D eigenvalue weighted by molar-refractivity contribution is 6.32. The number of likely N-dealkylation sites (N-methyl/N-ethyl adjacent to an activating group) is 1. The van der Waals surface area contributed by atoms with Gasteiger partial charge in [0.2, 0.25) is 5.82 Å². The number of hydrazine groups is 1. The molecule has 0 spiro atoms. The van der Waals surface area contributed by atoms with E-state index < -0.39 is 5.91 Å². The van der Waals surface area contributed by atoms with Crippen LogP contribution in [0.25, 0.3) is 11.3 Å². The number of benzene rings is 1. The molecule has 0 radical (unpaired) electrons. The predicted octanol–water partition coefficient (Wildman–Crippen LogP) is 1.89. The minimum Gasteiger partial charge on any atom is -0.486 e. The van der Waals surface area contributed by atoms with Gasteiger partial charge in [-0.25, -0.2) is 14.4 Å².